The fourth-order valence-electron chi connectivity index (χ4n) is 3.05. The minimum Gasteiger partial charge on any atom is -0.467 e. The number of hydrogen-bond donors (Lipinski definition) is 2. The molecule has 1 aliphatic heterocycles. The molecule has 2 atom stereocenters. The van der Waals surface area contributed by atoms with Crippen molar-refractivity contribution in [2.75, 3.05) is 12.4 Å². The molecule has 0 saturated carbocycles. The first-order valence-electron chi connectivity index (χ1n) is 8.66. The van der Waals surface area contributed by atoms with Gasteiger partial charge in [0, 0.05) is 18.0 Å². The fraction of sp³-hybridized carbons (Fsp3) is 0.526. The molecule has 1 aromatic rings. The Morgan fingerprint density at radius 2 is 2.04 bits per heavy atom. The number of benzene rings is 1. The molecular weight excluding hydrogens is 320 g/mol. The minimum absolute atomic E-state index is 0.0572. The number of methoxy groups -OCH3 is 1. The van der Waals surface area contributed by atoms with Gasteiger partial charge in [0.15, 0.2) is 0 Å². The zero-order chi connectivity index (χ0) is 18.4. The van der Waals surface area contributed by atoms with Gasteiger partial charge in [-0.15, -0.1) is 0 Å². The highest BCUT2D eigenvalue weighted by Crippen LogP contribution is 2.27. The van der Waals surface area contributed by atoms with Gasteiger partial charge in [-0.1, -0.05) is 32.0 Å². The van der Waals surface area contributed by atoms with Gasteiger partial charge in [-0.25, -0.2) is 4.79 Å². The number of carbonyl (C=O) groups excluding carboxylic acids is 3. The third kappa shape index (κ3) is 5.31. The van der Waals surface area contributed by atoms with E-state index in [9.17, 15) is 14.4 Å². The van der Waals surface area contributed by atoms with Crippen LogP contribution < -0.4 is 10.6 Å². The van der Waals surface area contributed by atoms with Crippen LogP contribution in [-0.2, 0) is 25.5 Å². The number of nitrogens with one attached hydrogen (secondary N) is 2. The first kappa shape index (κ1) is 19.0. The summed E-state index contributed by atoms with van der Waals surface area (Å²) in [7, 11) is 1.31. The van der Waals surface area contributed by atoms with E-state index in [0.717, 1.165) is 11.3 Å². The van der Waals surface area contributed by atoms with E-state index in [0.29, 0.717) is 19.3 Å². The first-order chi connectivity index (χ1) is 11.9. The molecule has 0 aromatic heterocycles. The molecule has 0 spiro atoms. The highest BCUT2D eigenvalue weighted by atomic mass is 16.5. The largest absolute Gasteiger partial charge is 0.467 e. The summed E-state index contributed by atoms with van der Waals surface area (Å²) in [6.07, 6.45) is 1.80. The lowest BCUT2D eigenvalue weighted by Gasteiger charge is -2.24. The van der Waals surface area contributed by atoms with Crippen molar-refractivity contribution in [2.45, 2.75) is 45.6 Å². The zero-order valence-corrected chi connectivity index (χ0v) is 15.0. The highest BCUT2D eigenvalue weighted by Gasteiger charge is 2.27. The van der Waals surface area contributed by atoms with Crippen molar-refractivity contribution in [2.24, 2.45) is 11.8 Å². The molecule has 1 heterocycles. The Balaban J connectivity index is 1.89. The molecule has 0 aliphatic carbocycles. The predicted octanol–water partition coefficient (Wildman–Crippen LogP) is 2.28. The van der Waals surface area contributed by atoms with Crippen LogP contribution in [0.5, 0.6) is 0 Å². The van der Waals surface area contributed by atoms with Gasteiger partial charge in [0.2, 0.25) is 11.8 Å². The summed E-state index contributed by atoms with van der Waals surface area (Å²) in [6, 6.07) is 7.04. The molecule has 1 aliphatic rings. The van der Waals surface area contributed by atoms with Crippen LogP contribution in [0.4, 0.5) is 5.69 Å². The average molecular weight is 346 g/mol. The van der Waals surface area contributed by atoms with Gasteiger partial charge in [-0.3, -0.25) is 9.59 Å². The monoisotopic (exact) mass is 346 g/mol. The van der Waals surface area contributed by atoms with Crippen LogP contribution in [-0.4, -0.2) is 30.9 Å². The molecule has 2 amide bonds. The van der Waals surface area contributed by atoms with Gasteiger partial charge >= 0.3 is 5.97 Å². The number of amides is 2. The summed E-state index contributed by atoms with van der Waals surface area (Å²) < 4.78 is 4.75. The SMILES string of the molecule is COC(=O)C(CC(C)C)NC(=O)CCC1Cc2ccccc2NC1=O. The summed E-state index contributed by atoms with van der Waals surface area (Å²) in [5, 5.41) is 5.61. The van der Waals surface area contributed by atoms with E-state index in [2.05, 4.69) is 10.6 Å². The molecule has 2 N–H and O–H groups in total. The van der Waals surface area contributed by atoms with Crippen LogP contribution in [0.2, 0.25) is 0 Å². The molecule has 0 radical (unpaired) electrons. The molecule has 0 fully saturated rings. The van der Waals surface area contributed by atoms with E-state index in [-0.39, 0.29) is 30.1 Å². The molecule has 136 valence electrons. The quantitative estimate of drug-likeness (QED) is 0.742. The second kappa shape index (κ2) is 8.65. The standard InChI is InChI=1S/C19H26N2O4/c1-12(2)10-16(19(24)25-3)20-17(22)9-8-14-11-13-6-4-5-7-15(13)21-18(14)23/h4-7,12,14,16H,8-11H2,1-3H3,(H,20,22)(H,21,23). The maximum absolute atomic E-state index is 12.2. The number of carbonyl (C=O) groups is 3. The molecule has 1 aromatic carbocycles. The van der Waals surface area contributed by atoms with Gasteiger partial charge in [-0.05, 0) is 36.8 Å². The zero-order valence-electron chi connectivity index (χ0n) is 15.0. The molecule has 6 nitrogen and oxygen atoms in total. The summed E-state index contributed by atoms with van der Waals surface area (Å²) in [5.41, 5.74) is 1.93. The van der Waals surface area contributed by atoms with E-state index in [1.54, 1.807) is 0 Å². The summed E-state index contributed by atoms with van der Waals surface area (Å²) in [5.74, 6) is -0.709. The van der Waals surface area contributed by atoms with Crippen molar-refractivity contribution in [3.05, 3.63) is 29.8 Å². The van der Waals surface area contributed by atoms with Crippen LogP contribution in [0.3, 0.4) is 0 Å². The van der Waals surface area contributed by atoms with Gasteiger partial charge in [0.1, 0.15) is 6.04 Å². The molecule has 2 rings (SSSR count). The summed E-state index contributed by atoms with van der Waals surface area (Å²) >= 11 is 0. The van der Waals surface area contributed by atoms with Crippen molar-refractivity contribution in [1.29, 1.82) is 0 Å². The molecule has 25 heavy (non-hydrogen) atoms. The Labute approximate surface area is 148 Å². The van der Waals surface area contributed by atoms with Crippen LogP contribution >= 0.6 is 0 Å². The van der Waals surface area contributed by atoms with Gasteiger partial charge in [0.05, 0.1) is 7.11 Å². The third-order valence-electron chi connectivity index (χ3n) is 4.36. The molecular formula is C19H26N2O4. The summed E-state index contributed by atoms with van der Waals surface area (Å²) in [4.78, 5) is 36.2. The van der Waals surface area contributed by atoms with Crippen LogP contribution in [0.25, 0.3) is 0 Å². The number of ether oxygens (including phenoxy) is 1. The van der Waals surface area contributed by atoms with Crippen LogP contribution in [0.15, 0.2) is 24.3 Å². The summed E-state index contributed by atoms with van der Waals surface area (Å²) in [6.45, 7) is 3.96. The molecule has 0 saturated heterocycles. The topological polar surface area (TPSA) is 84.5 Å². The lowest BCUT2D eigenvalue weighted by Crippen LogP contribution is -2.42. The molecule has 2 unspecified atom stereocenters. The van der Waals surface area contributed by atoms with Gasteiger partial charge in [0.25, 0.3) is 0 Å². The van der Waals surface area contributed by atoms with E-state index in [1.165, 1.54) is 7.11 Å². The van der Waals surface area contributed by atoms with Gasteiger partial charge in [-0.2, -0.15) is 0 Å². The molecule has 6 heteroatoms. The average Bonchev–Trinajstić information content (AvgIpc) is 2.58. The maximum Gasteiger partial charge on any atom is 0.328 e. The Morgan fingerprint density at radius 1 is 1.32 bits per heavy atom. The maximum atomic E-state index is 12.2. The first-order valence-corrected chi connectivity index (χ1v) is 8.66. The van der Waals surface area contributed by atoms with Crippen LogP contribution in [0.1, 0.15) is 38.7 Å². The van der Waals surface area contributed by atoms with Crippen molar-refractivity contribution in [3.8, 4) is 0 Å². The second-order valence-electron chi connectivity index (χ2n) is 6.86. The van der Waals surface area contributed by atoms with Crippen LogP contribution in [0, 0.1) is 11.8 Å². The van der Waals surface area contributed by atoms with Gasteiger partial charge < -0.3 is 15.4 Å². The Bertz CT molecular complexity index is 642. The van der Waals surface area contributed by atoms with Crippen molar-refractivity contribution < 1.29 is 19.1 Å². The number of anilines is 1. The highest BCUT2D eigenvalue weighted by molar-refractivity contribution is 5.96. The normalized spacial score (nSPS) is 17.4. The van der Waals surface area contributed by atoms with E-state index < -0.39 is 12.0 Å². The van der Waals surface area contributed by atoms with Crippen molar-refractivity contribution in [3.63, 3.8) is 0 Å². The van der Waals surface area contributed by atoms with Crippen molar-refractivity contribution in [1.82, 2.24) is 5.32 Å². The lowest BCUT2D eigenvalue weighted by molar-refractivity contribution is -0.145. The fourth-order valence-corrected chi connectivity index (χ4v) is 3.05. The van der Waals surface area contributed by atoms with Crippen molar-refractivity contribution >= 4 is 23.5 Å². The number of rotatable bonds is 7. The third-order valence-corrected chi connectivity index (χ3v) is 4.36. The number of esters is 1. The van der Waals surface area contributed by atoms with E-state index in [4.69, 9.17) is 4.74 Å². The number of hydrogen-bond acceptors (Lipinski definition) is 4. The predicted molar refractivity (Wildman–Crippen MR) is 94.9 cm³/mol. The minimum atomic E-state index is -0.640. The van der Waals surface area contributed by atoms with E-state index in [1.807, 2.05) is 38.1 Å². The Hall–Kier alpha value is -2.37. The Kier molecular flexibility index (Phi) is 6.56. The molecule has 0 bridgehead atoms. The number of para-hydroxylation sites is 1. The Morgan fingerprint density at radius 3 is 2.72 bits per heavy atom. The smallest absolute Gasteiger partial charge is 0.328 e. The lowest BCUT2D eigenvalue weighted by atomic mass is 9.89. The number of fused-ring (bicyclic) bond motifs is 1. The van der Waals surface area contributed by atoms with E-state index >= 15 is 0 Å². The second-order valence-corrected chi connectivity index (χ2v) is 6.86.